The van der Waals surface area contributed by atoms with E-state index in [-0.39, 0.29) is 37.3 Å². The van der Waals surface area contributed by atoms with Crippen LogP contribution in [0.15, 0.2) is 42.5 Å². The highest BCUT2D eigenvalue weighted by Crippen LogP contribution is 2.28. The minimum absolute atomic E-state index is 0. The number of anilines is 1. The first-order chi connectivity index (χ1) is 15.7. The van der Waals surface area contributed by atoms with Gasteiger partial charge in [0.1, 0.15) is 5.75 Å². The average molecular weight is 516 g/mol. The van der Waals surface area contributed by atoms with Gasteiger partial charge in [0.05, 0.1) is 27.4 Å². The van der Waals surface area contributed by atoms with Gasteiger partial charge in [0.2, 0.25) is 0 Å². The van der Waals surface area contributed by atoms with E-state index in [0.717, 1.165) is 63.7 Å². The highest BCUT2D eigenvalue weighted by Gasteiger charge is 2.11. The second-order valence-electron chi connectivity index (χ2n) is 7.53. The summed E-state index contributed by atoms with van der Waals surface area (Å²) in [5.41, 5.74) is 1.78. The zero-order valence-corrected chi connectivity index (χ0v) is 21.3. The van der Waals surface area contributed by atoms with Crippen LogP contribution >= 0.6 is 24.8 Å². The Kier molecular flexibility index (Phi) is 14.4. The van der Waals surface area contributed by atoms with Crippen molar-refractivity contribution in [2.24, 2.45) is 0 Å². The molecule has 1 aliphatic rings. The Balaban J connectivity index is 0.00000289. The maximum atomic E-state index is 12.2. The number of amides is 1. The molecule has 0 unspecified atom stereocenters. The Labute approximate surface area is 214 Å². The molecule has 0 atom stereocenters. The number of rotatable bonds is 12. The first-order valence-corrected chi connectivity index (χ1v) is 10.9. The molecule has 0 saturated carbocycles. The molecule has 0 aromatic heterocycles. The summed E-state index contributed by atoms with van der Waals surface area (Å²) in [6.07, 6.45) is 1.10. The number of carbonyl (C=O) groups is 1. The van der Waals surface area contributed by atoms with Crippen LogP contribution in [0, 0.1) is 0 Å². The minimum Gasteiger partial charge on any atom is -0.497 e. The van der Waals surface area contributed by atoms with Gasteiger partial charge in [-0.25, -0.2) is 0 Å². The van der Waals surface area contributed by atoms with E-state index in [0.29, 0.717) is 17.2 Å². The first kappa shape index (κ1) is 29.8. The highest BCUT2D eigenvalue weighted by molar-refractivity contribution is 5.91. The molecule has 1 heterocycles. The molecule has 190 valence electrons. The van der Waals surface area contributed by atoms with E-state index >= 15 is 0 Å². The molecule has 1 saturated heterocycles. The van der Waals surface area contributed by atoms with Crippen LogP contribution in [0.1, 0.15) is 12.0 Å². The van der Waals surface area contributed by atoms with Crippen LogP contribution in [0.2, 0.25) is 0 Å². The van der Waals surface area contributed by atoms with Gasteiger partial charge >= 0.3 is 0 Å². The molecule has 1 aliphatic heterocycles. The van der Waals surface area contributed by atoms with Crippen molar-refractivity contribution in [2.45, 2.75) is 13.0 Å². The quantitative estimate of drug-likeness (QED) is 0.419. The number of methoxy groups -OCH3 is 2. The molecule has 1 fully saturated rings. The summed E-state index contributed by atoms with van der Waals surface area (Å²) in [5.74, 6) is 1.63. The van der Waals surface area contributed by atoms with E-state index in [9.17, 15) is 4.79 Å². The van der Waals surface area contributed by atoms with E-state index in [1.54, 1.807) is 38.5 Å². The zero-order valence-electron chi connectivity index (χ0n) is 19.7. The van der Waals surface area contributed by atoms with Crippen molar-refractivity contribution >= 4 is 36.4 Å². The largest absolute Gasteiger partial charge is 0.497 e. The number of nitrogens with one attached hydrogen (secondary N) is 2. The average Bonchev–Trinajstić information content (AvgIpc) is 2.84. The van der Waals surface area contributed by atoms with Gasteiger partial charge in [0.15, 0.2) is 18.1 Å². The van der Waals surface area contributed by atoms with Crippen LogP contribution in [0.3, 0.4) is 0 Å². The summed E-state index contributed by atoms with van der Waals surface area (Å²) in [5, 5.41) is 6.27. The van der Waals surface area contributed by atoms with E-state index in [1.165, 1.54) is 0 Å². The Morgan fingerprint density at radius 1 is 1.00 bits per heavy atom. The SMILES string of the molecule is COc1ccc(NC(=O)COc2ccc(CNCCCN3CCOCC3)cc2OC)cc1.Cl.Cl. The number of hydrogen-bond acceptors (Lipinski definition) is 7. The van der Waals surface area contributed by atoms with Crippen LogP contribution in [0.25, 0.3) is 0 Å². The summed E-state index contributed by atoms with van der Waals surface area (Å²) in [6.45, 7) is 6.40. The van der Waals surface area contributed by atoms with Gasteiger partial charge in [-0.05, 0) is 61.5 Å². The van der Waals surface area contributed by atoms with Crippen LogP contribution in [-0.4, -0.2) is 71.0 Å². The Morgan fingerprint density at radius 3 is 2.41 bits per heavy atom. The fraction of sp³-hybridized carbons (Fsp3) is 0.458. The number of benzene rings is 2. The van der Waals surface area contributed by atoms with Gasteiger partial charge in [0.25, 0.3) is 5.91 Å². The van der Waals surface area contributed by atoms with E-state index in [1.807, 2.05) is 18.2 Å². The molecule has 0 bridgehead atoms. The lowest BCUT2D eigenvalue weighted by molar-refractivity contribution is -0.118. The molecule has 10 heteroatoms. The molecule has 1 amide bonds. The van der Waals surface area contributed by atoms with Crippen molar-refractivity contribution in [1.82, 2.24) is 10.2 Å². The van der Waals surface area contributed by atoms with Crippen LogP contribution in [-0.2, 0) is 16.1 Å². The van der Waals surface area contributed by atoms with Crippen LogP contribution in [0.4, 0.5) is 5.69 Å². The summed E-state index contributed by atoms with van der Waals surface area (Å²) in [7, 11) is 3.20. The third kappa shape index (κ3) is 9.95. The van der Waals surface area contributed by atoms with Gasteiger partial charge in [0, 0.05) is 25.3 Å². The number of halogens is 2. The molecule has 0 spiro atoms. The summed E-state index contributed by atoms with van der Waals surface area (Å²) < 4.78 is 21.6. The van der Waals surface area contributed by atoms with Crippen molar-refractivity contribution in [2.75, 3.05) is 65.5 Å². The molecule has 2 aromatic carbocycles. The van der Waals surface area contributed by atoms with Crippen molar-refractivity contribution in [1.29, 1.82) is 0 Å². The van der Waals surface area contributed by atoms with Gasteiger partial charge in [-0.1, -0.05) is 6.07 Å². The molecule has 2 N–H and O–H groups in total. The zero-order chi connectivity index (χ0) is 22.6. The lowest BCUT2D eigenvalue weighted by Crippen LogP contribution is -2.37. The molecule has 3 rings (SSSR count). The second kappa shape index (κ2) is 16.4. The third-order valence-electron chi connectivity index (χ3n) is 5.22. The maximum absolute atomic E-state index is 12.2. The maximum Gasteiger partial charge on any atom is 0.262 e. The number of hydrogen-bond donors (Lipinski definition) is 2. The summed E-state index contributed by atoms with van der Waals surface area (Å²) in [6, 6.07) is 12.9. The van der Waals surface area contributed by atoms with Crippen molar-refractivity contribution < 1.29 is 23.7 Å². The highest BCUT2D eigenvalue weighted by atomic mass is 35.5. The fourth-order valence-corrected chi connectivity index (χ4v) is 3.44. The van der Waals surface area contributed by atoms with Gasteiger partial charge < -0.3 is 29.6 Å². The Bertz CT molecular complexity index is 849. The van der Waals surface area contributed by atoms with Crippen molar-refractivity contribution in [3.05, 3.63) is 48.0 Å². The van der Waals surface area contributed by atoms with Crippen molar-refractivity contribution in [3.8, 4) is 17.2 Å². The summed E-state index contributed by atoms with van der Waals surface area (Å²) in [4.78, 5) is 14.6. The monoisotopic (exact) mass is 515 g/mol. The molecular formula is C24H35Cl2N3O5. The Morgan fingerprint density at radius 2 is 1.74 bits per heavy atom. The first-order valence-electron chi connectivity index (χ1n) is 10.9. The normalized spacial score (nSPS) is 13.2. The third-order valence-corrected chi connectivity index (χ3v) is 5.22. The lowest BCUT2D eigenvalue weighted by Gasteiger charge is -2.26. The van der Waals surface area contributed by atoms with E-state index in [2.05, 4.69) is 15.5 Å². The van der Waals surface area contributed by atoms with E-state index in [4.69, 9.17) is 18.9 Å². The predicted molar refractivity (Wildman–Crippen MR) is 138 cm³/mol. The number of carbonyl (C=O) groups excluding carboxylic acids is 1. The predicted octanol–water partition coefficient (Wildman–Crippen LogP) is 3.38. The molecule has 2 aromatic rings. The topological polar surface area (TPSA) is 81.3 Å². The second-order valence-corrected chi connectivity index (χ2v) is 7.53. The smallest absolute Gasteiger partial charge is 0.262 e. The number of morpholine rings is 1. The number of ether oxygens (including phenoxy) is 4. The summed E-state index contributed by atoms with van der Waals surface area (Å²) >= 11 is 0. The lowest BCUT2D eigenvalue weighted by atomic mass is 10.2. The number of nitrogens with zero attached hydrogens (tertiary/aromatic N) is 1. The van der Waals surface area contributed by atoms with Crippen LogP contribution in [0.5, 0.6) is 17.2 Å². The minimum atomic E-state index is -0.247. The molecule has 0 aliphatic carbocycles. The molecule has 0 radical (unpaired) electrons. The van der Waals surface area contributed by atoms with Gasteiger partial charge in [-0.2, -0.15) is 0 Å². The molecular weight excluding hydrogens is 481 g/mol. The fourth-order valence-electron chi connectivity index (χ4n) is 3.44. The Hall–Kier alpha value is -2.23. The van der Waals surface area contributed by atoms with E-state index < -0.39 is 0 Å². The molecule has 34 heavy (non-hydrogen) atoms. The van der Waals surface area contributed by atoms with Gasteiger partial charge in [-0.3, -0.25) is 9.69 Å². The van der Waals surface area contributed by atoms with Gasteiger partial charge in [-0.15, -0.1) is 24.8 Å². The standard InChI is InChI=1S/C24H33N3O5.2ClH/c1-29-21-7-5-20(6-8-21)26-24(28)18-32-22-9-4-19(16-23(22)30-2)17-25-10-3-11-27-12-14-31-15-13-27;;/h4-9,16,25H,3,10-15,17-18H2,1-2H3,(H,26,28);2*1H. The van der Waals surface area contributed by atoms with Crippen LogP contribution < -0.4 is 24.8 Å². The van der Waals surface area contributed by atoms with Crippen molar-refractivity contribution in [3.63, 3.8) is 0 Å². The molecule has 8 nitrogen and oxygen atoms in total.